The van der Waals surface area contributed by atoms with E-state index in [1.807, 2.05) is 0 Å². The van der Waals surface area contributed by atoms with E-state index in [4.69, 9.17) is 0 Å². The van der Waals surface area contributed by atoms with Gasteiger partial charge in [-0.05, 0) is 30.1 Å². The van der Waals surface area contributed by atoms with Crippen molar-refractivity contribution in [1.82, 2.24) is 0 Å². The molecule has 0 heterocycles. The monoisotopic (exact) mass is 156 g/mol. The standard InChI is InChI=1S/C10H20O/c1-9(2)5-6-10(3,4)8(11)7-9/h8,11H,5-7H2,1-4H3. The molecule has 1 saturated carbocycles. The Morgan fingerprint density at radius 1 is 1.09 bits per heavy atom. The lowest BCUT2D eigenvalue weighted by Crippen LogP contribution is -2.39. The van der Waals surface area contributed by atoms with Gasteiger partial charge < -0.3 is 5.11 Å². The van der Waals surface area contributed by atoms with E-state index in [1.54, 1.807) is 0 Å². The van der Waals surface area contributed by atoms with Gasteiger partial charge in [-0.15, -0.1) is 0 Å². The summed E-state index contributed by atoms with van der Waals surface area (Å²) >= 11 is 0. The molecule has 0 radical (unpaired) electrons. The zero-order valence-electron chi connectivity index (χ0n) is 8.15. The number of hydrogen-bond donors (Lipinski definition) is 1. The summed E-state index contributed by atoms with van der Waals surface area (Å²) in [6.45, 7) is 8.80. The fourth-order valence-electron chi connectivity index (χ4n) is 1.73. The minimum absolute atomic E-state index is 0.105. The smallest absolute Gasteiger partial charge is 0.0596 e. The van der Waals surface area contributed by atoms with Crippen LogP contribution >= 0.6 is 0 Å². The first-order chi connectivity index (χ1) is 4.83. The van der Waals surface area contributed by atoms with E-state index in [2.05, 4.69) is 27.7 Å². The van der Waals surface area contributed by atoms with E-state index < -0.39 is 0 Å². The van der Waals surface area contributed by atoms with Crippen LogP contribution in [0.5, 0.6) is 0 Å². The van der Waals surface area contributed by atoms with Gasteiger partial charge in [-0.1, -0.05) is 27.7 Å². The molecule has 1 aliphatic carbocycles. The van der Waals surface area contributed by atoms with Gasteiger partial charge in [0.05, 0.1) is 6.10 Å². The van der Waals surface area contributed by atoms with Crippen molar-refractivity contribution in [2.75, 3.05) is 0 Å². The van der Waals surface area contributed by atoms with Gasteiger partial charge in [0.15, 0.2) is 0 Å². The van der Waals surface area contributed by atoms with Crippen molar-refractivity contribution >= 4 is 0 Å². The molecule has 0 bridgehead atoms. The zero-order valence-corrected chi connectivity index (χ0v) is 8.15. The number of hydrogen-bond acceptors (Lipinski definition) is 1. The van der Waals surface area contributed by atoms with Crippen LogP contribution < -0.4 is 0 Å². The number of rotatable bonds is 0. The van der Waals surface area contributed by atoms with E-state index in [0.29, 0.717) is 5.41 Å². The molecular weight excluding hydrogens is 136 g/mol. The fourth-order valence-corrected chi connectivity index (χ4v) is 1.73. The van der Waals surface area contributed by atoms with Crippen molar-refractivity contribution < 1.29 is 5.11 Å². The fraction of sp³-hybridized carbons (Fsp3) is 1.00. The molecule has 1 unspecified atom stereocenters. The van der Waals surface area contributed by atoms with Gasteiger partial charge in [-0.25, -0.2) is 0 Å². The zero-order chi connectivity index (χ0) is 8.70. The highest BCUT2D eigenvalue weighted by Gasteiger charge is 2.38. The predicted molar refractivity (Wildman–Crippen MR) is 47.4 cm³/mol. The van der Waals surface area contributed by atoms with Gasteiger partial charge in [-0.3, -0.25) is 0 Å². The molecule has 0 spiro atoms. The Labute approximate surface area is 69.8 Å². The minimum Gasteiger partial charge on any atom is -0.393 e. The third-order valence-corrected chi connectivity index (χ3v) is 3.09. The normalized spacial score (nSPS) is 35.2. The second-order valence-corrected chi connectivity index (χ2v) is 5.37. The van der Waals surface area contributed by atoms with Crippen molar-refractivity contribution in [1.29, 1.82) is 0 Å². The summed E-state index contributed by atoms with van der Waals surface area (Å²) in [6, 6.07) is 0. The average Bonchev–Trinajstić information content (AvgIpc) is 1.81. The van der Waals surface area contributed by atoms with Gasteiger partial charge in [0.25, 0.3) is 0 Å². The summed E-state index contributed by atoms with van der Waals surface area (Å²) in [4.78, 5) is 0. The summed E-state index contributed by atoms with van der Waals surface area (Å²) in [5.74, 6) is 0. The van der Waals surface area contributed by atoms with E-state index in [9.17, 15) is 5.11 Å². The third kappa shape index (κ3) is 1.96. The molecule has 1 nitrogen and oxygen atoms in total. The Morgan fingerprint density at radius 3 is 2.00 bits per heavy atom. The van der Waals surface area contributed by atoms with Crippen molar-refractivity contribution in [2.24, 2.45) is 10.8 Å². The van der Waals surface area contributed by atoms with Crippen molar-refractivity contribution in [3.63, 3.8) is 0 Å². The summed E-state index contributed by atoms with van der Waals surface area (Å²) in [5, 5.41) is 9.77. The highest BCUT2D eigenvalue weighted by Crippen LogP contribution is 2.44. The van der Waals surface area contributed by atoms with Crippen LogP contribution in [0.15, 0.2) is 0 Å². The second kappa shape index (κ2) is 2.48. The number of aliphatic hydroxyl groups is 1. The van der Waals surface area contributed by atoms with Gasteiger partial charge in [0, 0.05) is 0 Å². The molecule has 0 aromatic rings. The van der Waals surface area contributed by atoms with Crippen molar-refractivity contribution in [3.8, 4) is 0 Å². The van der Waals surface area contributed by atoms with E-state index >= 15 is 0 Å². The number of aliphatic hydroxyl groups excluding tert-OH is 1. The maximum absolute atomic E-state index is 9.77. The van der Waals surface area contributed by atoms with Crippen LogP contribution in [-0.4, -0.2) is 11.2 Å². The maximum atomic E-state index is 9.77. The van der Waals surface area contributed by atoms with Crippen LogP contribution in [-0.2, 0) is 0 Å². The Balaban J connectivity index is 2.63. The molecule has 1 aliphatic rings. The molecule has 1 fully saturated rings. The molecule has 1 heteroatoms. The topological polar surface area (TPSA) is 20.2 Å². The second-order valence-electron chi connectivity index (χ2n) is 5.37. The van der Waals surface area contributed by atoms with Gasteiger partial charge in [-0.2, -0.15) is 0 Å². The summed E-state index contributed by atoms with van der Waals surface area (Å²) < 4.78 is 0. The lowest BCUT2D eigenvalue weighted by Gasteiger charge is -2.43. The molecule has 0 aliphatic heterocycles. The average molecular weight is 156 g/mol. The SMILES string of the molecule is CC1(C)CCC(C)(C)C(O)C1. The molecule has 0 aromatic heterocycles. The molecule has 1 atom stereocenters. The van der Waals surface area contributed by atoms with Crippen LogP contribution in [0.3, 0.4) is 0 Å². The van der Waals surface area contributed by atoms with Gasteiger partial charge >= 0.3 is 0 Å². The highest BCUT2D eigenvalue weighted by molar-refractivity contribution is 4.89. The first kappa shape index (κ1) is 9.05. The molecule has 66 valence electrons. The summed E-state index contributed by atoms with van der Waals surface area (Å²) in [6.07, 6.45) is 3.25. The molecule has 0 saturated heterocycles. The van der Waals surface area contributed by atoms with Gasteiger partial charge in [0.1, 0.15) is 0 Å². The largest absolute Gasteiger partial charge is 0.393 e. The van der Waals surface area contributed by atoms with E-state index in [0.717, 1.165) is 12.8 Å². The van der Waals surface area contributed by atoms with Gasteiger partial charge in [0.2, 0.25) is 0 Å². The predicted octanol–water partition coefficient (Wildman–Crippen LogP) is 2.58. The highest BCUT2D eigenvalue weighted by atomic mass is 16.3. The first-order valence-electron chi connectivity index (χ1n) is 4.52. The Morgan fingerprint density at radius 2 is 1.64 bits per heavy atom. The maximum Gasteiger partial charge on any atom is 0.0596 e. The molecule has 1 rings (SSSR count). The quantitative estimate of drug-likeness (QED) is 0.571. The van der Waals surface area contributed by atoms with Crippen LogP contribution in [0.2, 0.25) is 0 Å². The lowest BCUT2D eigenvalue weighted by atomic mass is 9.65. The molecule has 0 amide bonds. The lowest BCUT2D eigenvalue weighted by molar-refractivity contribution is -0.0322. The van der Waals surface area contributed by atoms with Crippen molar-refractivity contribution in [2.45, 2.75) is 53.1 Å². The third-order valence-electron chi connectivity index (χ3n) is 3.09. The van der Waals surface area contributed by atoms with Crippen molar-refractivity contribution in [3.05, 3.63) is 0 Å². The Kier molecular flexibility index (Phi) is 2.04. The molecular formula is C10H20O. The van der Waals surface area contributed by atoms with E-state index in [-0.39, 0.29) is 11.5 Å². The van der Waals surface area contributed by atoms with Crippen LogP contribution in [0, 0.1) is 10.8 Å². The molecule has 11 heavy (non-hydrogen) atoms. The summed E-state index contributed by atoms with van der Waals surface area (Å²) in [7, 11) is 0. The van der Waals surface area contributed by atoms with Crippen LogP contribution in [0.1, 0.15) is 47.0 Å². The summed E-state index contributed by atoms with van der Waals surface area (Å²) in [5.41, 5.74) is 0.504. The Hall–Kier alpha value is -0.0400. The van der Waals surface area contributed by atoms with Crippen LogP contribution in [0.4, 0.5) is 0 Å². The molecule has 1 N–H and O–H groups in total. The van der Waals surface area contributed by atoms with E-state index in [1.165, 1.54) is 6.42 Å². The minimum atomic E-state index is -0.105. The first-order valence-corrected chi connectivity index (χ1v) is 4.52. The Bertz CT molecular complexity index is 147. The van der Waals surface area contributed by atoms with Crippen LogP contribution in [0.25, 0.3) is 0 Å². The molecule has 0 aromatic carbocycles.